The number of hydrogen-bond donors (Lipinski definition) is 0. The molecular weight excluding hydrogens is 420 g/mol. The third-order valence-electron chi connectivity index (χ3n) is 6.51. The molecule has 32 heavy (non-hydrogen) atoms. The van der Waals surface area contributed by atoms with Crippen molar-refractivity contribution in [1.82, 2.24) is 19.6 Å². The normalized spacial score (nSPS) is 16.1. The maximum absolute atomic E-state index is 13.2. The van der Waals surface area contributed by atoms with Crippen LogP contribution in [0.2, 0.25) is 5.02 Å². The molecule has 0 N–H and O–H groups in total. The van der Waals surface area contributed by atoms with Gasteiger partial charge < -0.3 is 4.90 Å². The van der Waals surface area contributed by atoms with E-state index in [9.17, 15) is 4.79 Å². The minimum atomic E-state index is -0.00659. The number of aryl methyl sites for hydroxylation is 1. The minimum absolute atomic E-state index is 0.00659. The van der Waals surface area contributed by atoms with Crippen LogP contribution < -0.4 is 0 Å². The van der Waals surface area contributed by atoms with E-state index in [1.807, 2.05) is 49.5 Å². The number of rotatable bonds is 7. The molecule has 1 amide bonds. The third kappa shape index (κ3) is 5.59. The van der Waals surface area contributed by atoms with E-state index in [0.717, 1.165) is 43.9 Å². The zero-order valence-electron chi connectivity index (χ0n) is 18.8. The quantitative estimate of drug-likeness (QED) is 0.525. The van der Waals surface area contributed by atoms with Crippen molar-refractivity contribution in [2.75, 3.05) is 20.1 Å². The van der Waals surface area contributed by atoms with E-state index >= 15 is 0 Å². The molecule has 2 aromatic carbocycles. The first-order valence-corrected chi connectivity index (χ1v) is 11.6. The first-order chi connectivity index (χ1) is 15.5. The molecule has 4 rings (SSSR count). The lowest BCUT2D eigenvalue weighted by Crippen LogP contribution is -2.47. The maximum Gasteiger partial charge on any atom is 0.274 e. The summed E-state index contributed by atoms with van der Waals surface area (Å²) < 4.78 is 1.68. The van der Waals surface area contributed by atoms with E-state index in [1.165, 1.54) is 11.1 Å². The van der Waals surface area contributed by atoms with E-state index in [0.29, 0.717) is 11.6 Å². The Bertz CT molecular complexity index is 1030. The molecule has 1 aliphatic rings. The van der Waals surface area contributed by atoms with E-state index < -0.39 is 0 Å². The average molecular weight is 451 g/mol. The second kappa shape index (κ2) is 10.3. The van der Waals surface area contributed by atoms with Crippen LogP contribution in [0.5, 0.6) is 0 Å². The van der Waals surface area contributed by atoms with Gasteiger partial charge in [0, 0.05) is 37.9 Å². The number of likely N-dealkylation sites (tertiary alicyclic amines) is 1. The molecule has 0 radical (unpaired) electrons. The monoisotopic (exact) mass is 450 g/mol. The fourth-order valence-electron chi connectivity index (χ4n) is 4.73. The lowest BCUT2D eigenvalue weighted by Gasteiger charge is -2.40. The molecule has 168 valence electrons. The molecule has 1 aliphatic heterocycles. The first kappa shape index (κ1) is 22.6. The number of piperidine rings is 1. The molecule has 0 aliphatic carbocycles. The van der Waals surface area contributed by atoms with E-state index in [4.69, 9.17) is 11.6 Å². The van der Waals surface area contributed by atoms with Crippen molar-refractivity contribution in [3.63, 3.8) is 0 Å². The highest BCUT2D eigenvalue weighted by molar-refractivity contribution is 6.30. The number of carbonyl (C=O) groups excluding carboxylic acids is 1. The molecule has 6 heteroatoms. The SMILES string of the molecule is CN(C(=O)c1ccn(C)n1)[C@@H](Cc1ccccc1)C1CCN(Cc2cccc(Cl)c2)CC1. The van der Waals surface area contributed by atoms with Crippen molar-refractivity contribution < 1.29 is 4.79 Å². The number of halogens is 1. The van der Waals surface area contributed by atoms with E-state index in [1.54, 1.807) is 10.7 Å². The lowest BCUT2D eigenvalue weighted by atomic mass is 9.84. The zero-order chi connectivity index (χ0) is 22.5. The topological polar surface area (TPSA) is 41.4 Å². The first-order valence-electron chi connectivity index (χ1n) is 11.3. The lowest BCUT2D eigenvalue weighted by molar-refractivity contribution is 0.0579. The van der Waals surface area contributed by atoms with Crippen LogP contribution in [-0.2, 0) is 20.0 Å². The largest absolute Gasteiger partial charge is 0.337 e. The van der Waals surface area contributed by atoms with Gasteiger partial charge in [-0.25, -0.2) is 0 Å². The Morgan fingerprint density at radius 1 is 1.09 bits per heavy atom. The molecule has 5 nitrogen and oxygen atoms in total. The van der Waals surface area contributed by atoms with Gasteiger partial charge in [0.15, 0.2) is 0 Å². The molecular formula is C26H31ClN4O. The Kier molecular flexibility index (Phi) is 7.28. The van der Waals surface area contributed by atoms with Gasteiger partial charge in [-0.3, -0.25) is 14.4 Å². The van der Waals surface area contributed by atoms with Gasteiger partial charge in [-0.1, -0.05) is 54.1 Å². The molecule has 0 bridgehead atoms. The van der Waals surface area contributed by atoms with E-state index in [-0.39, 0.29) is 11.9 Å². The van der Waals surface area contributed by atoms with Crippen LogP contribution in [-0.4, -0.2) is 51.7 Å². The predicted molar refractivity (Wildman–Crippen MR) is 129 cm³/mol. The smallest absolute Gasteiger partial charge is 0.274 e. The molecule has 3 aromatic rings. The fourth-order valence-corrected chi connectivity index (χ4v) is 4.94. The van der Waals surface area contributed by atoms with Crippen molar-refractivity contribution in [3.05, 3.63) is 88.7 Å². The van der Waals surface area contributed by atoms with Gasteiger partial charge in [-0.15, -0.1) is 0 Å². The number of aromatic nitrogens is 2. The van der Waals surface area contributed by atoms with Gasteiger partial charge in [0.05, 0.1) is 0 Å². The van der Waals surface area contributed by atoms with Crippen LogP contribution in [0.3, 0.4) is 0 Å². The Balaban J connectivity index is 1.45. The molecule has 1 saturated heterocycles. The highest BCUT2D eigenvalue weighted by atomic mass is 35.5. The summed E-state index contributed by atoms with van der Waals surface area (Å²) in [4.78, 5) is 17.6. The van der Waals surface area contributed by atoms with Crippen molar-refractivity contribution >= 4 is 17.5 Å². The number of likely N-dealkylation sites (N-methyl/N-ethyl adjacent to an activating group) is 1. The fraction of sp³-hybridized carbons (Fsp3) is 0.385. The molecule has 2 heterocycles. The Hall–Kier alpha value is -2.63. The summed E-state index contributed by atoms with van der Waals surface area (Å²) >= 11 is 6.16. The molecule has 0 spiro atoms. The van der Waals surface area contributed by atoms with Crippen molar-refractivity contribution in [3.8, 4) is 0 Å². The van der Waals surface area contributed by atoms with Gasteiger partial charge in [-0.05, 0) is 67.6 Å². The number of hydrogen-bond acceptors (Lipinski definition) is 3. The van der Waals surface area contributed by atoms with Gasteiger partial charge in [0.1, 0.15) is 5.69 Å². The molecule has 1 aromatic heterocycles. The van der Waals surface area contributed by atoms with Gasteiger partial charge in [0.25, 0.3) is 5.91 Å². The highest BCUT2D eigenvalue weighted by Gasteiger charge is 2.32. The van der Waals surface area contributed by atoms with Gasteiger partial charge in [0.2, 0.25) is 0 Å². The standard InChI is InChI=1S/C26H31ClN4O/c1-29-14-13-24(28-29)26(32)30(2)25(18-20-7-4-3-5-8-20)22-11-15-31(16-12-22)19-21-9-6-10-23(27)17-21/h3-10,13-14,17,22,25H,11-12,15-16,18-19H2,1-2H3/t25-/m0/s1. The highest BCUT2D eigenvalue weighted by Crippen LogP contribution is 2.28. The predicted octanol–water partition coefficient (Wildman–Crippen LogP) is 4.67. The summed E-state index contributed by atoms with van der Waals surface area (Å²) in [6, 6.07) is 20.5. The summed E-state index contributed by atoms with van der Waals surface area (Å²) in [5.74, 6) is 0.441. The Labute approximate surface area is 195 Å². The van der Waals surface area contributed by atoms with Gasteiger partial charge >= 0.3 is 0 Å². The summed E-state index contributed by atoms with van der Waals surface area (Å²) in [6.45, 7) is 2.96. The van der Waals surface area contributed by atoms with E-state index in [2.05, 4.69) is 40.3 Å². The summed E-state index contributed by atoms with van der Waals surface area (Å²) in [5.41, 5.74) is 3.02. The molecule has 0 saturated carbocycles. The number of carbonyl (C=O) groups is 1. The molecule has 1 fully saturated rings. The Morgan fingerprint density at radius 3 is 2.47 bits per heavy atom. The second-order valence-corrected chi connectivity index (χ2v) is 9.23. The Morgan fingerprint density at radius 2 is 1.81 bits per heavy atom. The molecule has 1 atom stereocenters. The maximum atomic E-state index is 13.2. The summed E-state index contributed by atoms with van der Waals surface area (Å²) in [5, 5.41) is 5.13. The van der Waals surface area contributed by atoms with Crippen LogP contribution in [0.4, 0.5) is 0 Å². The number of nitrogens with zero attached hydrogens (tertiary/aromatic N) is 4. The third-order valence-corrected chi connectivity index (χ3v) is 6.74. The van der Waals surface area contributed by atoms with Crippen molar-refractivity contribution in [2.45, 2.75) is 31.8 Å². The molecule has 0 unspecified atom stereocenters. The van der Waals surface area contributed by atoms with Crippen LogP contribution >= 0.6 is 11.6 Å². The second-order valence-electron chi connectivity index (χ2n) is 8.79. The van der Waals surface area contributed by atoms with Gasteiger partial charge in [-0.2, -0.15) is 5.10 Å². The zero-order valence-corrected chi connectivity index (χ0v) is 19.6. The number of amides is 1. The van der Waals surface area contributed by atoms with Crippen molar-refractivity contribution in [1.29, 1.82) is 0 Å². The summed E-state index contributed by atoms with van der Waals surface area (Å²) in [7, 11) is 3.77. The van der Waals surface area contributed by atoms with Crippen LogP contribution in [0, 0.1) is 5.92 Å². The van der Waals surface area contributed by atoms with Crippen LogP contribution in [0.1, 0.15) is 34.5 Å². The minimum Gasteiger partial charge on any atom is -0.337 e. The van der Waals surface area contributed by atoms with Crippen LogP contribution in [0.15, 0.2) is 66.9 Å². The average Bonchev–Trinajstić information content (AvgIpc) is 3.24. The van der Waals surface area contributed by atoms with Crippen molar-refractivity contribution in [2.24, 2.45) is 13.0 Å². The van der Waals surface area contributed by atoms with Crippen LogP contribution in [0.25, 0.3) is 0 Å². The number of benzene rings is 2. The summed E-state index contributed by atoms with van der Waals surface area (Å²) in [6.07, 6.45) is 4.81.